The first kappa shape index (κ1) is 15.7. The molecule has 0 aliphatic carbocycles. The van der Waals surface area contributed by atoms with E-state index in [-0.39, 0.29) is 13.2 Å². The van der Waals surface area contributed by atoms with E-state index in [1.54, 1.807) is 38.1 Å². The lowest BCUT2D eigenvalue weighted by Crippen LogP contribution is -2.34. The number of hydrogen-bond donors (Lipinski definition) is 2. The molecule has 0 radical (unpaired) electrons. The van der Waals surface area contributed by atoms with E-state index in [4.69, 9.17) is 14.8 Å². The van der Waals surface area contributed by atoms with Gasteiger partial charge >= 0.3 is 13.6 Å². The Balaban J connectivity index is 3.14. The second-order valence-corrected chi connectivity index (χ2v) is 5.81. The highest BCUT2D eigenvalue weighted by Gasteiger charge is 2.37. The van der Waals surface area contributed by atoms with Gasteiger partial charge in [-0.25, -0.2) is 4.79 Å². The van der Waals surface area contributed by atoms with Crippen LogP contribution in [0, 0.1) is 0 Å². The molecule has 1 unspecified atom stereocenters. The first-order valence-electron chi connectivity index (χ1n) is 6.03. The van der Waals surface area contributed by atoms with E-state index in [0.717, 1.165) is 0 Å². The third-order valence-electron chi connectivity index (χ3n) is 2.33. The predicted molar refractivity (Wildman–Crippen MR) is 72.8 cm³/mol. The van der Waals surface area contributed by atoms with Crippen molar-refractivity contribution in [2.45, 2.75) is 19.6 Å². The van der Waals surface area contributed by atoms with Crippen molar-refractivity contribution in [2.24, 2.45) is 5.73 Å². The molecule has 106 valence electrons. The molecular formula is C12H19N2O4P. The first-order chi connectivity index (χ1) is 9.03. The van der Waals surface area contributed by atoms with Crippen LogP contribution < -0.4 is 11.1 Å². The van der Waals surface area contributed by atoms with Crippen LogP contribution in [0.5, 0.6) is 0 Å². The molecule has 1 atom stereocenters. The topological polar surface area (TPSA) is 90.7 Å². The van der Waals surface area contributed by atoms with Crippen LogP contribution in [0.1, 0.15) is 25.2 Å². The van der Waals surface area contributed by atoms with Crippen molar-refractivity contribution in [2.75, 3.05) is 13.2 Å². The predicted octanol–water partition coefficient (Wildman–Crippen LogP) is 2.62. The van der Waals surface area contributed by atoms with Gasteiger partial charge in [-0.15, -0.1) is 0 Å². The summed E-state index contributed by atoms with van der Waals surface area (Å²) in [7, 11) is -3.52. The molecule has 0 aliphatic rings. The zero-order valence-corrected chi connectivity index (χ0v) is 11.9. The third kappa shape index (κ3) is 4.35. The van der Waals surface area contributed by atoms with E-state index < -0.39 is 19.4 Å². The van der Waals surface area contributed by atoms with E-state index in [9.17, 15) is 9.36 Å². The summed E-state index contributed by atoms with van der Waals surface area (Å²) >= 11 is 0. The van der Waals surface area contributed by atoms with Gasteiger partial charge in [0.15, 0.2) is 5.78 Å². The number of amides is 2. The van der Waals surface area contributed by atoms with E-state index in [1.807, 2.05) is 6.07 Å². The summed E-state index contributed by atoms with van der Waals surface area (Å²) in [4.78, 5) is 11.1. The lowest BCUT2D eigenvalue weighted by Gasteiger charge is -2.26. The number of nitrogens with two attached hydrogens (primary N) is 1. The molecule has 1 rings (SSSR count). The Morgan fingerprint density at radius 1 is 1.26 bits per heavy atom. The lowest BCUT2D eigenvalue weighted by atomic mass is 10.2. The molecule has 0 fully saturated rings. The number of carbonyl (C=O) groups is 1. The Bertz CT molecular complexity index is 442. The maximum Gasteiger partial charge on any atom is 0.357 e. The quantitative estimate of drug-likeness (QED) is 0.754. The van der Waals surface area contributed by atoms with E-state index in [1.165, 1.54) is 0 Å². The second kappa shape index (κ2) is 7.28. The number of urea groups is 1. The van der Waals surface area contributed by atoms with Crippen LogP contribution in [0.15, 0.2) is 30.3 Å². The SMILES string of the molecule is CCOP(=O)(OCC)C(NC(N)=O)c1ccccc1. The van der Waals surface area contributed by atoms with Crippen molar-refractivity contribution in [1.82, 2.24) is 5.32 Å². The van der Waals surface area contributed by atoms with Crippen LogP contribution in [0.4, 0.5) is 4.79 Å². The maximum atomic E-state index is 12.7. The van der Waals surface area contributed by atoms with Crippen LogP contribution in [0.25, 0.3) is 0 Å². The number of benzene rings is 1. The second-order valence-electron chi connectivity index (χ2n) is 3.70. The molecule has 1 aromatic rings. The maximum absolute atomic E-state index is 12.7. The number of rotatable bonds is 7. The van der Waals surface area contributed by atoms with Gasteiger partial charge < -0.3 is 20.1 Å². The first-order valence-corrected chi connectivity index (χ1v) is 7.64. The normalized spacial score (nSPS) is 12.9. The highest BCUT2D eigenvalue weighted by molar-refractivity contribution is 7.54. The van der Waals surface area contributed by atoms with Gasteiger partial charge in [0.25, 0.3) is 0 Å². The third-order valence-corrected chi connectivity index (χ3v) is 4.62. The van der Waals surface area contributed by atoms with Gasteiger partial charge in [0.05, 0.1) is 13.2 Å². The largest absolute Gasteiger partial charge is 0.357 e. The smallest absolute Gasteiger partial charge is 0.352 e. The van der Waals surface area contributed by atoms with Crippen molar-refractivity contribution in [3.8, 4) is 0 Å². The molecule has 0 bridgehead atoms. The van der Waals surface area contributed by atoms with Gasteiger partial charge in [0, 0.05) is 0 Å². The van der Waals surface area contributed by atoms with Crippen LogP contribution in [-0.2, 0) is 13.6 Å². The van der Waals surface area contributed by atoms with Crippen molar-refractivity contribution in [3.05, 3.63) is 35.9 Å². The summed E-state index contributed by atoms with van der Waals surface area (Å²) in [6.07, 6.45) is 0. The summed E-state index contributed by atoms with van der Waals surface area (Å²) in [6.45, 7) is 3.83. The van der Waals surface area contributed by atoms with Crippen molar-refractivity contribution in [3.63, 3.8) is 0 Å². The zero-order valence-electron chi connectivity index (χ0n) is 11.0. The molecule has 0 spiro atoms. The van der Waals surface area contributed by atoms with Crippen LogP contribution in [0.2, 0.25) is 0 Å². The van der Waals surface area contributed by atoms with Crippen LogP contribution >= 0.6 is 7.60 Å². The summed E-state index contributed by atoms with van der Waals surface area (Å²) in [6, 6.07) is 8.03. The molecule has 3 N–H and O–H groups in total. The Kier molecular flexibility index (Phi) is 6.02. The minimum absolute atomic E-state index is 0.209. The Labute approximate surface area is 112 Å². The highest BCUT2D eigenvalue weighted by atomic mass is 31.2. The number of hydrogen-bond acceptors (Lipinski definition) is 4. The summed E-state index contributed by atoms with van der Waals surface area (Å²) in [5, 5.41) is 2.43. The Morgan fingerprint density at radius 2 is 1.79 bits per heavy atom. The molecule has 0 heterocycles. The molecule has 0 aliphatic heterocycles. The van der Waals surface area contributed by atoms with Gasteiger partial charge in [-0.2, -0.15) is 0 Å². The minimum atomic E-state index is -3.52. The van der Waals surface area contributed by atoms with Crippen LogP contribution in [0.3, 0.4) is 0 Å². The van der Waals surface area contributed by atoms with E-state index in [2.05, 4.69) is 5.32 Å². The summed E-state index contributed by atoms with van der Waals surface area (Å²) in [5.74, 6) is -0.911. The van der Waals surface area contributed by atoms with Crippen molar-refractivity contribution in [1.29, 1.82) is 0 Å². The molecule has 0 aromatic heterocycles. The standard InChI is InChI=1S/C12H19N2O4P/c1-3-17-19(16,18-4-2)11(14-12(13)15)10-8-6-5-7-9-10/h5-9,11H,3-4H2,1-2H3,(H3,13,14,15). The fourth-order valence-electron chi connectivity index (χ4n) is 1.66. The fourth-order valence-corrected chi connectivity index (χ4v) is 3.58. The van der Waals surface area contributed by atoms with Crippen LogP contribution in [-0.4, -0.2) is 19.2 Å². The van der Waals surface area contributed by atoms with Gasteiger partial charge in [-0.05, 0) is 19.4 Å². The van der Waals surface area contributed by atoms with E-state index >= 15 is 0 Å². The number of nitrogens with one attached hydrogen (secondary N) is 1. The van der Waals surface area contributed by atoms with Gasteiger partial charge in [-0.3, -0.25) is 4.57 Å². The molecule has 0 saturated heterocycles. The van der Waals surface area contributed by atoms with Crippen molar-refractivity contribution < 1.29 is 18.4 Å². The summed E-state index contributed by atoms with van der Waals surface area (Å²) < 4.78 is 23.2. The minimum Gasteiger partial charge on any atom is -0.352 e. The molecule has 7 heteroatoms. The van der Waals surface area contributed by atoms with Crippen molar-refractivity contribution >= 4 is 13.6 Å². The Hall–Kier alpha value is -1.36. The van der Waals surface area contributed by atoms with Gasteiger partial charge in [0.1, 0.15) is 0 Å². The monoisotopic (exact) mass is 286 g/mol. The number of primary amides is 1. The van der Waals surface area contributed by atoms with E-state index in [0.29, 0.717) is 5.56 Å². The lowest BCUT2D eigenvalue weighted by molar-refractivity contribution is 0.205. The fraction of sp³-hybridized carbons (Fsp3) is 0.417. The zero-order chi connectivity index (χ0) is 14.3. The Morgan fingerprint density at radius 3 is 2.21 bits per heavy atom. The average Bonchev–Trinajstić information content (AvgIpc) is 2.37. The molecule has 19 heavy (non-hydrogen) atoms. The average molecular weight is 286 g/mol. The van der Waals surface area contributed by atoms with Gasteiger partial charge in [-0.1, -0.05) is 30.3 Å². The molecule has 2 amide bonds. The van der Waals surface area contributed by atoms with Gasteiger partial charge in [0.2, 0.25) is 0 Å². The molecular weight excluding hydrogens is 267 g/mol. The molecule has 6 nitrogen and oxygen atoms in total. The number of carbonyl (C=O) groups excluding carboxylic acids is 1. The highest BCUT2D eigenvalue weighted by Crippen LogP contribution is 2.59. The summed E-state index contributed by atoms with van der Waals surface area (Å²) in [5.41, 5.74) is 5.75. The molecule has 1 aromatic carbocycles. The molecule has 0 saturated carbocycles.